The van der Waals surface area contributed by atoms with Crippen molar-refractivity contribution < 1.29 is 13.2 Å². The minimum absolute atomic E-state index is 0.0787. The Morgan fingerprint density at radius 2 is 2.07 bits per heavy atom. The van der Waals surface area contributed by atoms with Crippen LogP contribution in [0, 0.1) is 12.8 Å². The first kappa shape index (κ1) is 21.1. The Kier molecular flexibility index (Phi) is 6.09. The summed E-state index contributed by atoms with van der Waals surface area (Å²) in [6.07, 6.45) is 2.09. The summed E-state index contributed by atoms with van der Waals surface area (Å²) in [6, 6.07) is 0.196. The van der Waals surface area contributed by atoms with Crippen LogP contribution < -0.4 is 10.6 Å². The molecule has 2 N–H and O–H groups in total. The van der Waals surface area contributed by atoms with Crippen molar-refractivity contribution in [1.29, 1.82) is 0 Å². The topological polar surface area (TPSA) is 80.0 Å². The van der Waals surface area contributed by atoms with E-state index in [0.29, 0.717) is 11.6 Å². The van der Waals surface area contributed by atoms with Gasteiger partial charge in [0.05, 0.1) is 17.4 Å². The van der Waals surface area contributed by atoms with E-state index in [9.17, 15) is 13.2 Å². The second-order valence-corrected chi connectivity index (χ2v) is 7.46. The maximum atomic E-state index is 13.0. The molecule has 0 aromatic carbocycles. The monoisotopic (exact) mass is 409 g/mol. The van der Waals surface area contributed by atoms with Crippen LogP contribution in [0.15, 0.2) is 17.4 Å². The molecule has 0 aliphatic heterocycles. The highest BCUT2D eigenvalue weighted by Crippen LogP contribution is 2.34. The number of hydrogen-bond acceptors (Lipinski definition) is 6. The van der Waals surface area contributed by atoms with Gasteiger partial charge in [0.1, 0.15) is 11.4 Å². The molecule has 0 radical (unpaired) electrons. The molecule has 2 heterocycles. The molecule has 1 fully saturated rings. The van der Waals surface area contributed by atoms with Gasteiger partial charge in [0.15, 0.2) is 0 Å². The predicted molar refractivity (Wildman–Crippen MR) is 107 cm³/mol. The number of rotatable bonds is 4. The quantitative estimate of drug-likeness (QED) is 0.721. The van der Waals surface area contributed by atoms with E-state index < -0.39 is 11.7 Å². The minimum atomic E-state index is -4.52. The molecular formula is C19H26F3N7. The summed E-state index contributed by atoms with van der Waals surface area (Å²) in [7, 11) is 3.22. The first-order valence-electron chi connectivity index (χ1n) is 9.60. The van der Waals surface area contributed by atoms with E-state index in [1.165, 1.54) is 12.8 Å². The molecule has 1 aliphatic carbocycles. The summed E-state index contributed by atoms with van der Waals surface area (Å²) in [6.45, 7) is 4.08. The molecule has 7 nitrogen and oxygen atoms in total. The number of halogens is 3. The zero-order valence-corrected chi connectivity index (χ0v) is 17.0. The molecule has 2 aromatic rings. The molecule has 2 aromatic heterocycles. The Bertz CT molecular complexity index is 888. The lowest BCUT2D eigenvalue weighted by Gasteiger charge is -2.17. The molecule has 1 aliphatic rings. The SMILES string of the molecule is CN=C1CCC(C)CC(n2cc(Nc3ncc(C(F)(F)F)c(NC)n3)c(C)n2)C1. The van der Waals surface area contributed by atoms with Crippen LogP contribution >= 0.6 is 0 Å². The number of alkyl halides is 3. The van der Waals surface area contributed by atoms with Gasteiger partial charge >= 0.3 is 6.18 Å². The third kappa shape index (κ3) is 4.86. The molecule has 2 unspecified atom stereocenters. The number of nitrogens with zero attached hydrogens (tertiary/aromatic N) is 5. The third-order valence-corrected chi connectivity index (χ3v) is 5.26. The van der Waals surface area contributed by atoms with E-state index in [0.717, 1.165) is 37.6 Å². The Hall–Kier alpha value is -2.65. The number of aliphatic imine (C=N–C) groups is 1. The van der Waals surface area contributed by atoms with Crippen molar-refractivity contribution in [2.24, 2.45) is 10.9 Å². The molecule has 158 valence electrons. The van der Waals surface area contributed by atoms with Crippen molar-refractivity contribution in [3.8, 4) is 0 Å². The van der Waals surface area contributed by atoms with E-state index in [2.05, 4.69) is 37.6 Å². The van der Waals surface area contributed by atoms with E-state index >= 15 is 0 Å². The van der Waals surface area contributed by atoms with Crippen LogP contribution in [-0.2, 0) is 6.18 Å². The van der Waals surface area contributed by atoms with Crippen LogP contribution in [0.3, 0.4) is 0 Å². The van der Waals surface area contributed by atoms with Crippen LogP contribution in [-0.4, -0.2) is 39.6 Å². The standard InChI is InChI=1S/C19H26F3N7/c1-11-5-6-13(23-3)8-14(7-11)29-10-16(12(2)28-29)26-18-25-9-15(19(20,21)22)17(24-4)27-18/h9-11,14H,5-8H2,1-4H3,(H2,24,25,26,27). The van der Waals surface area contributed by atoms with Crippen molar-refractivity contribution in [3.63, 3.8) is 0 Å². The summed E-state index contributed by atoms with van der Waals surface area (Å²) in [5.74, 6) is 0.369. The fourth-order valence-electron chi connectivity index (χ4n) is 3.61. The van der Waals surface area contributed by atoms with Gasteiger partial charge in [0.25, 0.3) is 0 Å². The van der Waals surface area contributed by atoms with Gasteiger partial charge in [0, 0.05) is 38.6 Å². The lowest BCUT2D eigenvalue weighted by molar-refractivity contribution is -0.137. The molecule has 0 saturated heterocycles. The summed E-state index contributed by atoms with van der Waals surface area (Å²) in [5.41, 5.74) is 1.67. The Labute approximate surface area is 167 Å². The van der Waals surface area contributed by atoms with Crippen molar-refractivity contribution in [2.75, 3.05) is 24.7 Å². The lowest BCUT2D eigenvalue weighted by Crippen LogP contribution is -2.14. The number of aryl methyl sites for hydroxylation is 1. The van der Waals surface area contributed by atoms with Gasteiger partial charge in [-0.2, -0.15) is 23.3 Å². The second-order valence-electron chi connectivity index (χ2n) is 7.46. The Morgan fingerprint density at radius 1 is 1.31 bits per heavy atom. The van der Waals surface area contributed by atoms with Crippen LogP contribution in [0.2, 0.25) is 0 Å². The highest BCUT2D eigenvalue weighted by atomic mass is 19.4. The van der Waals surface area contributed by atoms with E-state index in [-0.39, 0.29) is 17.8 Å². The van der Waals surface area contributed by atoms with Gasteiger partial charge in [-0.15, -0.1) is 0 Å². The first-order chi connectivity index (χ1) is 13.7. The number of nitrogens with one attached hydrogen (secondary N) is 2. The van der Waals surface area contributed by atoms with Gasteiger partial charge in [-0.05, 0) is 32.1 Å². The van der Waals surface area contributed by atoms with E-state index in [4.69, 9.17) is 0 Å². The number of hydrogen-bond donors (Lipinski definition) is 2. The van der Waals surface area contributed by atoms with Crippen molar-refractivity contribution in [1.82, 2.24) is 19.7 Å². The molecule has 1 saturated carbocycles. The van der Waals surface area contributed by atoms with E-state index in [1.807, 2.05) is 24.9 Å². The fraction of sp³-hybridized carbons (Fsp3) is 0.579. The maximum absolute atomic E-state index is 13.0. The summed E-state index contributed by atoms with van der Waals surface area (Å²) < 4.78 is 41.0. The Morgan fingerprint density at radius 3 is 2.72 bits per heavy atom. The average Bonchev–Trinajstić information content (AvgIpc) is 2.91. The molecule has 3 rings (SSSR count). The molecule has 0 amide bonds. The first-order valence-corrected chi connectivity index (χ1v) is 9.60. The molecule has 10 heteroatoms. The van der Waals surface area contributed by atoms with Gasteiger partial charge in [-0.1, -0.05) is 6.92 Å². The second kappa shape index (κ2) is 8.38. The normalized spacial score (nSPS) is 21.8. The highest BCUT2D eigenvalue weighted by Gasteiger charge is 2.35. The summed E-state index contributed by atoms with van der Waals surface area (Å²) >= 11 is 0. The zero-order valence-electron chi connectivity index (χ0n) is 17.0. The lowest BCUT2D eigenvalue weighted by atomic mass is 10.0. The van der Waals surface area contributed by atoms with Crippen molar-refractivity contribution in [3.05, 3.63) is 23.7 Å². The smallest absolute Gasteiger partial charge is 0.372 e. The maximum Gasteiger partial charge on any atom is 0.421 e. The van der Waals surface area contributed by atoms with Gasteiger partial charge in [-0.25, -0.2) is 4.98 Å². The van der Waals surface area contributed by atoms with E-state index in [1.54, 1.807) is 0 Å². The molecule has 0 bridgehead atoms. The minimum Gasteiger partial charge on any atom is -0.372 e. The zero-order chi connectivity index (χ0) is 21.2. The van der Waals surface area contributed by atoms with Crippen LogP contribution in [0.25, 0.3) is 0 Å². The van der Waals surface area contributed by atoms with Crippen LogP contribution in [0.1, 0.15) is 49.9 Å². The van der Waals surface area contributed by atoms with Gasteiger partial charge < -0.3 is 10.6 Å². The molecule has 2 atom stereocenters. The largest absolute Gasteiger partial charge is 0.421 e. The van der Waals surface area contributed by atoms with Crippen LogP contribution in [0.4, 0.5) is 30.6 Å². The molecule has 29 heavy (non-hydrogen) atoms. The predicted octanol–water partition coefficient (Wildman–Crippen LogP) is 4.61. The fourth-order valence-corrected chi connectivity index (χ4v) is 3.61. The van der Waals surface area contributed by atoms with Crippen molar-refractivity contribution in [2.45, 2.75) is 51.7 Å². The highest BCUT2D eigenvalue weighted by molar-refractivity contribution is 5.85. The van der Waals surface area contributed by atoms with Gasteiger partial charge in [0.2, 0.25) is 5.95 Å². The van der Waals surface area contributed by atoms with Crippen molar-refractivity contribution >= 4 is 23.2 Å². The summed E-state index contributed by atoms with van der Waals surface area (Å²) in [5, 5.41) is 10.1. The van der Waals surface area contributed by atoms with Crippen LogP contribution in [0.5, 0.6) is 0 Å². The summed E-state index contributed by atoms with van der Waals surface area (Å²) in [4.78, 5) is 12.2. The molecule has 0 spiro atoms. The third-order valence-electron chi connectivity index (χ3n) is 5.26. The van der Waals surface area contributed by atoms with Gasteiger partial charge in [-0.3, -0.25) is 9.67 Å². The Balaban J connectivity index is 1.84. The number of aromatic nitrogens is 4. The number of anilines is 3. The molecular weight excluding hydrogens is 383 g/mol. The average molecular weight is 409 g/mol.